The number of hydrogen-bond donors (Lipinski definition) is 4. The number of fused-ring (bicyclic) bond motifs is 2. The molecule has 0 atom stereocenters. The highest BCUT2D eigenvalue weighted by molar-refractivity contribution is 5.98. The van der Waals surface area contributed by atoms with Crippen molar-refractivity contribution in [1.29, 1.82) is 0 Å². The van der Waals surface area contributed by atoms with Crippen LogP contribution in [0.15, 0.2) is 61.1 Å². The summed E-state index contributed by atoms with van der Waals surface area (Å²) in [7, 11) is 0. The van der Waals surface area contributed by atoms with Crippen LogP contribution in [-0.4, -0.2) is 43.0 Å². The van der Waals surface area contributed by atoms with Gasteiger partial charge in [-0.1, -0.05) is 6.07 Å². The summed E-state index contributed by atoms with van der Waals surface area (Å²) in [4.78, 5) is 20.0. The van der Waals surface area contributed by atoms with Gasteiger partial charge in [-0.05, 0) is 69.2 Å². The number of aryl methyl sites for hydroxylation is 1. The van der Waals surface area contributed by atoms with Crippen LogP contribution in [0.4, 0.5) is 22.2 Å². The number of aromatic nitrogens is 5. The van der Waals surface area contributed by atoms with Gasteiger partial charge in [0.1, 0.15) is 11.4 Å². The number of amides is 1. The molecule has 0 aliphatic rings. The highest BCUT2D eigenvalue weighted by Gasteiger charge is 2.15. The number of nitrogen functional groups attached to an aromatic ring is 1. The predicted molar refractivity (Wildman–Crippen MR) is 146 cm³/mol. The Morgan fingerprint density at radius 3 is 2.81 bits per heavy atom. The average molecular weight is 499 g/mol. The number of ether oxygens (including phenoxy) is 1. The number of nitrogens with zero attached hydrogens (tertiary/aromatic N) is 4. The van der Waals surface area contributed by atoms with E-state index in [1.165, 1.54) is 0 Å². The van der Waals surface area contributed by atoms with Gasteiger partial charge in [0.15, 0.2) is 0 Å². The highest BCUT2D eigenvalue weighted by atomic mass is 16.6. The Labute approximate surface area is 214 Å². The van der Waals surface area contributed by atoms with Crippen molar-refractivity contribution in [2.45, 2.75) is 39.3 Å². The largest absolute Gasteiger partial charge is 0.444 e. The summed E-state index contributed by atoms with van der Waals surface area (Å²) in [5, 5.41) is 15.6. The molecule has 0 bridgehead atoms. The molecule has 3 heterocycles. The quantitative estimate of drug-likeness (QED) is 0.226. The maximum Gasteiger partial charge on any atom is 0.407 e. The molecule has 0 saturated heterocycles. The van der Waals surface area contributed by atoms with Crippen molar-refractivity contribution in [1.82, 2.24) is 30.0 Å². The maximum atomic E-state index is 11.9. The maximum absolute atomic E-state index is 11.9. The number of nitrogens with one attached hydrogen (secondary N) is 3. The van der Waals surface area contributed by atoms with E-state index in [0.717, 1.165) is 51.6 Å². The van der Waals surface area contributed by atoms with Gasteiger partial charge in [-0.2, -0.15) is 10.1 Å². The van der Waals surface area contributed by atoms with Crippen LogP contribution in [0, 0.1) is 0 Å². The zero-order valence-corrected chi connectivity index (χ0v) is 21.1. The van der Waals surface area contributed by atoms with Crippen LogP contribution in [0.1, 0.15) is 27.2 Å². The third-order valence-electron chi connectivity index (χ3n) is 5.82. The second-order valence-corrected chi connectivity index (χ2v) is 9.85. The van der Waals surface area contributed by atoms with E-state index in [4.69, 9.17) is 10.5 Å². The van der Waals surface area contributed by atoms with Gasteiger partial charge in [0.25, 0.3) is 0 Å². The van der Waals surface area contributed by atoms with Crippen molar-refractivity contribution in [3.05, 3.63) is 61.1 Å². The first kappa shape index (κ1) is 24.1. The lowest BCUT2D eigenvalue weighted by atomic mass is 10.0. The molecule has 10 nitrogen and oxygen atoms in total. The van der Waals surface area contributed by atoms with Crippen LogP contribution in [0.3, 0.4) is 0 Å². The molecule has 10 heteroatoms. The molecule has 0 saturated carbocycles. The Balaban J connectivity index is 1.34. The summed E-state index contributed by atoms with van der Waals surface area (Å²) >= 11 is 0. The lowest BCUT2D eigenvalue weighted by molar-refractivity contribution is 0.0526. The van der Waals surface area contributed by atoms with Gasteiger partial charge in [-0.3, -0.25) is 5.10 Å². The van der Waals surface area contributed by atoms with Crippen molar-refractivity contribution in [3.63, 3.8) is 0 Å². The molecule has 5 N–H and O–H groups in total. The molecule has 0 unspecified atom stereocenters. The monoisotopic (exact) mass is 498 g/mol. The molecule has 0 spiro atoms. The van der Waals surface area contributed by atoms with E-state index in [1.54, 1.807) is 18.5 Å². The van der Waals surface area contributed by atoms with Crippen molar-refractivity contribution in [2.75, 3.05) is 17.6 Å². The molecule has 0 aliphatic carbocycles. The molecule has 1 amide bonds. The standard InChI is InChI=1S/C27H30N8O2/c1-27(2,3)37-26(36)30-9-4-11-35-12-8-18-13-17(5-6-22(18)35)21-15-20(14-19-16-31-34-24(19)21)32-23-7-10-29-25(28)33-23/h5-8,10,12-16H,4,9,11H2,1-3H3,(H,30,36)(H,31,34)(H3,28,29,32,33). The first-order chi connectivity index (χ1) is 17.7. The van der Waals surface area contributed by atoms with Gasteiger partial charge in [-0.25, -0.2) is 9.78 Å². The molecule has 190 valence electrons. The number of hydrogen-bond acceptors (Lipinski definition) is 7. The topological polar surface area (TPSA) is 136 Å². The van der Waals surface area contributed by atoms with Gasteiger partial charge in [0.05, 0.1) is 11.7 Å². The van der Waals surface area contributed by atoms with Crippen molar-refractivity contribution in [3.8, 4) is 11.1 Å². The van der Waals surface area contributed by atoms with E-state index < -0.39 is 5.60 Å². The highest BCUT2D eigenvalue weighted by Crippen LogP contribution is 2.33. The Morgan fingerprint density at radius 1 is 1.14 bits per heavy atom. The Kier molecular flexibility index (Phi) is 6.39. The number of alkyl carbamates (subject to hydrolysis) is 1. The van der Waals surface area contributed by atoms with Crippen LogP contribution >= 0.6 is 0 Å². The van der Waals surface area contributed by atoms with E-state index in [-0.39, 0.29) is 12.0 Å². The van der Waals surface area contributed by atoms with Crippen LogP contribution in [0.25, 0.3) is 32.9 Å². The summed E-state index contributed by atoms with van der Waals surface area (Å²) in [5.41, 5.74) is 10.3. The zero-order chi connectivity index (χ0) is 26.0. The average Bonchev–Trinajstić information content (AvgIpc) is 3.47. The molecular formula is C27H30N8O2. The third-order valence-corrected chi connectivity index (χ3v) is 5.82. The molecule has 37 heavy (non-hydrogen) atoms. The Bertz CT molecular complexity index is 1560. The molecule has 5 aromatic rings. The van der Waals surface area contributed by atoms with Crippen molar-refractivity contribution in [2.24, 2.45) is 0 Å². The van der Waals surface area contributed by atoms with E-state index >= 15 is 0 Å². The lowest BCUT2D eigenvalue weighted by Crippen LogP contribution is -2.33. The van der Waals surface area contributed by atoms with Gasteiger partial charge in [0, 0.05) is 53.0 Å². The first-order valence-electron chi connectivity index (χ1n) is 12.1. The summed E-state index contributed by atoms with van der Waals surface area (Å²) in [6, 6.07) is 14.4. The summed E-state index contributed by atoms with van der Waals surface area (Å²) in [5.74, 6) is 0.833. The molecule has 0 aliphatic heterocycles. The number of nitrogens with two attached hydrogens (primary N) is 1. The van der Waals surface area contributed by atoms with Crippen LogP contribution in [0.2, 0.25) is 0 Å². The van der Waals surface area contributed by atoms with E-state index in [0.29, 0.717) is 12.4 Å². The minimum absolute atomic E-state index is 0.213. The Hall–Kier alpha value is -4.60. The lowest BCUT2D eigenvalue weighted by Gasteiger charge is -2.19. The molecular weight excluding hydrogens is 468 g/mol. The van der Waals surface area contributed by atoms with Gasteiger partial charge in [-0.15, -0.1) is 0 Å². The van der Waals surface area contributed by atoms with E-state index in [2.05, 4.69) is 71.9 Å². The van der Waals surface area contributed by atoms with Gasteiger partial charge in [0.2, 0.25) is 5.95 Å². The fraction of sp³-hybridized carbons (Fsp3) is 0.259. The molecule has 0 fully saturated rings. The SMILES string of the molecule is CC(C)(C)OC(=O)NCCCn1ccc2cc(-c3cc(Nc4ccnc(N)n4)cc4cn[nH]c34)ccc21. The molecule has 3 aromatic heterocycles. The van der Waals surface area contributed by atoms with Crippen molar-refractivity contribution < 1.29 is 9.53 Å². The number of carbonyl (C=O) groups excluding carboxylic acids is 1. The third kappa shape index (κ3) is 5.64. The first-order valence-corrected chi connectivity index (χ1v) is 12.1. The number of benzene rings is 2. The minimum atomic E-state index is -0.500. The number of H-pyrrole nitrogens is 1. The number of carbonyl (C=O) groups is 1. The Morgan fingerprint density at radius 2 is 2.00 bits per heavy atom. The molecule has 0 radical (unpaired) electrons. The summed E-state index contributed by atoms with van der Waals surface area (Å²) < 4.78 is 7.49. The summed E-state index contributed by atoms with van der Waals surface area (Å²) in [6.07, 6.45) is 5.90. The smallest absolute Gasteiger partial charge is 0.407 e. The van der Waals surface area contributed by atoms with Crippen LogP contribution in [0.5, 0.6) is 0 Å². The normalized spacial score (nSPS) is 11.6. The summed E-state index contributed by atoms with van der Waals surface area (Å²) in [6.45, 7) is 6.88. The second kappa shape index (κ2) is 9.81. The van der Waals surface area contributed by atoms with Gasteiger partial charge < -0.3 is 25.7 Å². The molecule has 2 aromatic carbocycles. The predicted octanol–water partition coefficient (Wildman–Crippen LogP) is 5.22. The zero-order valence-electron chi connectivity index (χ0n) is 21.1. The molecule has 5 rings (SSSR count). The van der Waals surface area contributed by atoms with E-state index in [1.807, 2.05) is 26.8 Å². The fourth-order valence-electron chi connectivity index (χ4n) is 4.27. The van der Waals surface area contributed by atoms with Crippen LogP contribution < -0.4 is 16.4 Å². The van der Waals surface area contributed by atoms with Crippen LogP contribution in [-0.2, 0) is 11.3 Å². The number of aromatic amines is 1. The fourth-order valence-corrected chi connectivity index (χ4v) is 4.27. The number of anilines is 3. The van der Waals surface area contributed by atoms with E-state index in [9.17, 15) is 4.79 Å². The minimum Gasteiger partial charge on any atom is -0.444 e. The van der Waals surface area contributed by atoms with Crippen molar-refractivity contribution >= 4 is 45.4 Å². The second-order valence-electron chi connectivity index (χ2n) is 9.85. The van der Waals surface area contributed by atoms with Gasteiger partial charge >= 0.3 is 6.09 Å². The number of rotatable bonds is 7.